The van der Waals surface area contributed by atoms with Crippen LogP contribution >= 0.6 is 0 Å². The van der Waals surface area contributed by atoms with Gasteiger partial charge in [0.25, 0.3) is 0 Å². The van der Waals surface area contributed by atoms with Crippen molar-refractivity contribution in [3.63, 3.8) is 0 Å². The van der Waals surface area contributed by atoms with Gasteiger partial charge < -0.3 is 9.94 Å². The number of alkyl halides is 2. The molecule has 0 unspecified atom stereocenters. The van der Waals surface area contributed by atoms with E-state index >= 15 is 0 Å². The second-order valence-corrected chi connectivity index (χ2v) is 3.36. The number of benzene rings is 1. The Morgan fingerprint density at radius 2 is 2.00 bits per heavy atom. The smallest absolute Gasteiger partial charge is 0.387 e. The van der Waals surface area contributed by atoms with Crippen molar-refractivity contribution in [2.24, 2.45) is 5.16 Å². The van der Waals surface area contributed by atoms with Crippen LogP contribution in [-0.4, -0.2) is 17.5 Å². The van der Waals surface area contributed by atoms with Crippen molar-refractivity contribution in [1.82, 2.24) is 0 Å². The van der Waals surface area contributed by atoms with E-state index in [1.807, 2.05) is 0 Å². The molecule has 0 heterocycles. The van der Waals surface area contributed by atoms with Gasteiger partial charge in [-0.05, 0) is 37.5 Å². The summed E-state index contributed by atoms with van der Waals surface area (Å²) in [5.41, 5.74) is 1.61. The fourth-order valence-electron chi connectivity index (χ4n) is 1.21. The Morgan fingerprint density at radius 3 is 2.50 bits per heavy atom. The van der Waals surface area contributed by atoms with Crippen molar-refractivity contribution in [1.29, 1.82) is 0 Å². The van der Waals surface area contributed by atoms with Gasteiger partial charge in [-0.15, -0.1) is 0 Å². The Labute approximate surface area is 92.3 Å². The Kier molecular flexibility index (Phi) is 4.69. The van der Waals surface area contributed by atoms with Crippen LogP contribution in [0.25, 0.3) is 0 Å². The molecule has 0 atom stereocenters. The maximum Gasteiger partial charge on any atom is 0.387 e. The lowest BCUT2D eigenvalue weighted by molar-refractivity contribution is -0.0498. The Bertz CT molecular complexity index is 350. The summed E-state index contributed by atoms with van der Waals surface area (Å²) in [7, 11) is 0. The van der Waals surface area contributed by atoms with Crippen LogP contribution < -0.4 is 4.74 Å². The van der Waals surface area contributed by atoms with Crippen LogP contribution in [-0.2, 0) is 6.42 Å². The summed E-state index contributed by atoms with van der Waals surface area (Å²) in [6, 6.07) is 6.41. The Hall–Kier alpha value is -1.65. The minimum atomic E-state index is -2.80. The highest BCUT2D eigenvalue weighted by Gasteiger charge is 2.03. The average molecular weight is 229 g/mol. The Balaban J connectivity index is 2.51. The maximum atomic E-state index is 11.9. The van der Waals surface area contributed by atoms with Crippen molar-refractivity contribution in [3.8, 4) is 5.75 Å². The van der Waals surface area contributed by atoms with E-state index in [9.17, 15) is 8.78 Å². The molecule has 0 aliphatic carbocycles. The summed E-state index contributed by atoms with van der Waals surface area (Å²) in [6.45, 7) is -1.08. The number of hydrogen-bond donors (Lipinski definition) is 1. The topological polar surface area (TPSA) is 41.8 Å². The van der Waals surface area contributed by atoms with Gasteiger partial charge in [0.1, 0.15) is 5.75 Å². The van der Waals surface area contributed by atoms with E-state index in [0.717, 1.165) is 5.56 Å². The lowest BCUT2D eigenvalue weighted by Gasteiger charge is -2.05. The fraction of sp³-hybridized carbons (Fsp3) is 0.364. The number of ether oxygens (including phenoxy) is 1. The molecule has 0 aliphatic rings. The van der Waals surface area contributed by atoms with Crippen molar-refractivity contribution in [2.75, 3.05) is 0 Å². The van der Waals surface area contributed by atoms with Gasteiger partial charge in [0.05, 0.1) is 5.71 Å². The third-order valence-electron chi connectivity index (χ3n) is 2.09. The zero-order valence-corrected chi connectivity index (χ0v) is 8.86. The standard InChI is InChI=1S/C11H13F2NO2/c1-8(14-15)2-3-9-4-6-10(7-5-9)16-11(12)13/h4-7,11,15H,2-3H2,1H3. The normalized spacial score (nSPS) is 11.9. The first kappa shape index (κ1) is 12.4. The van der Waals surface area contributed by atoms with Gasteiger partial charge in [-0.2, -0.15) is 8.78 Å². The number of nitrogens with zero attached hydrogens (tertiary/aromatic N) is 1. The summed E-state index contributed by atoms with van der Waals surface area (Å²) in [5.74, 6) is 0.145. The minimum absolute atomic E-state index is 0.145. The monoisotopic (exact) mass is 229 g/mol. The van der Waals surface area contributed by atoms with Crippen LogP contribution in [0.4, 0.5) is 8.78 Å². The molecule has 0 spiro atoms. The van der Waals surface area contributed by atoms with Gasteiger partial charge in [0.15, 0.2) is 0 Å². The molecule has 0 aromatic heterocycles. The summed E-state index contributed by atoms with van der Waals surface area (Å²) in [6.07, 6.45) is 1.33. The summed E-state index contributed by atoms with van der Waals surface area (Å²) in [4.78, 5) is 0. The van der Waals surface area contributed by atoms with Gasteiger partial charge in [-0.25, -0.2) is 0 Å². The minimum Gasteiger partial charge on any atom is -0.435 e. The first-order valence-electron chi connectivity index (χ1n) is 4.83. The first-order valence-corrected chi connectivity index (χ1v) is 4.83. The van der Waals surface area contributed by atoms with E-state index in [4.69, 9.17) is 5.21 Å². The predicted molar refractivity (Wildman–Crippen MR) is 56.3 cm³/mol. The highest BCUT2D eigenvalue weighted by Crippen LogP contribution is 2.15. The van der Waals surface area contributed by atoms with E-state index in [0.29, 0.717) is 18.6 Å². The van der Waals surface area contributed by atoms with E-state index in [-0.39, 0.29) is 5.75 Å². The first-order chi connectivity index (χ1) is 7.61. The van der Waals surface area contributed by atoms with Crippen molar-refractivity contribution < 1.29 is 18.7 Å². The molecule has 0 saturated carbocycles. The molecular formula is C11H13F2NO2. The molecule has 1 N–H and O–H groups in total. The van der Waals surface area contributed by atoms with Crippen LogP contribution in [0.5, 0.6) is 5.75 Å². The second-order valence-electron chi connectivity index (χ2n) is 3.36. The zero-order valence-electron chi connectivity index (χ0n) is 8.86. The molecule has 0 radical (unpaired) electrons. The molecule has 0 fully saturated rings. The molecule has 0 bridgehead atoms. The third kappa shape index (κ3) is 4.25. The predicted octanol–water partition coefficient (Wildman–Crippen LogP) is 3.07. The van der Waals surface area contributed by atoms with Gasteiger partial charge >= 0.3 is 6.61 Å². The molecule has 1 rings (SSSR count). The largest absolute Gasteiger partial charge is 0.435 e. The molecule has 5 heteroatoms. The number of rotatable bonds is 5. The molecule has 3 nitrogen and oxygen atoms in total. The lowest BCUT2D eigenvalue weighted by Crippen LogP contribution is -2.02. The van der Waals surface area contributed by atoms with E-state index in [2.05, 4.69) is 9.89 Å². The quantitative estimate of drug-likeness (QED) is 0.479. The van der Waals surface area contributed by atoms with Crippen molar-refractivity contribution in [2.45, 2.75) is 26.4 Å². The number of aryl methyl sites for hydroxylation is 1. The third-order valence-corrected chi connectivity index (χ3v) is 2.09. The highest BCUT2D eigenvalue weighted by molar-refractivity contribution is 5.81. The van der Waals surface area contributed by atoms with E-state index in [1.54, 1.807) is 19.1 Å². The van der Waals surface area contributed by atoms with E-state index < -0.39 is 6.61 Å². The molecule has 0 saturated heterocycles. The van der Waals surface area contributed by atoms with E-state index in [1.165, 1.54) is 12.1 Å². The number of halogens is 2. The molecule has 1 aromatic rings. The highest BCUT2D eigenvalue weighted by atomic mass is 19.3. The molecule has 0 aliphatic heterocycles. The molecular weight excluding hydrogens is 216 g/mol. The fourth-order valence-corrected chi connectivity index (χ4v) is 1.21. The number of hydrogen-bond acceptors (Lipinski definition) is 3. The van der Waals surface area contributed by atoms with Crippen LogP contribution in [0.1, 0.15) is 18.9 Å². The van der Waals surface area contributed by atoms with Crippen molar-refractivity contribution in [3.05, 3.63) is 29.8 Å². The van der Waals surface area contributed by atoms with Crippen LogP contribution in [0, 0.1) is 0 Å². The zero-order chi connectivity index (χ0) is 12.0. The van der Waals surface area contributed by atoms with Crippen molar-refractivity contribution >= 4 is 5.71 Å². The van der Waals surface area contributed by atoms with Crippen LogP contribution in [0.15, 0.2) is 29.4 Å². The molecule has 88 valence electrons. The maximum absolute atomic E-state index is 11.9. The number of oxime groups is 1. The Morgan fingerprint density at radius 1 is 1.38 bits per heavy atom. The second kappa shape index (κ2) is 6.05. The molecule has 0 amide bonds. The SMILES string of the molecule is CC(CCc1ccc(OC(F)F)cc1)=NO. The lowest BCUT2D eigenvalue weighted by atomic mass is 10.1. The summed E-state index contributed by atoms with van der Waals surface area (Å²) in [5, 5.41) is 11.5. The van der Waals surface area contributed by atoms with Gasteiger partial charge in [-0.3, -0.25) is 0 Å². The summed E-state index contributed by atoms with van der Waals surface area (Å²) >= 11 is 0. The molecule has 16 heavy (non-hydrogen) atoms. The molecule has 1 aromatic carbocycles. The average Bonchev–Trinajstić information content (AvgIpc) is 2.27. The van der Waals surface area contributed by atoms with Gasteiger partial charge in [0.2, 0.25) is 0 Å². The van der Waals surface area contributed by atoms with Crippen LogP contribution in [0.2, 0.25) is 0 Å². The van der Waals surface area contributed by atoms with Crippen LogP contribution in [0.3, 0.4) is 0 Å². The summed E-state index contributed by atoms with van der Waals surface area (Å²) < 4.78 is 27.9. The van der Waals surface area contributed by atoms with Gasteiger partial charge in [-0.1, -0.05) is 17.3 Å². The van der Waals surface area contributed by atoms with Gasteiger partial charge in [0, 0.05) is 0 Å².